The number of aromatic nitrogens is 2. The highest BCUT2D eigenvalue weighted by atomic mass is 19.2. The van der Waals surface area contributed by atoms with E-state index < -0.39 is 23.7 Å². The van der Waals surface area contributed by atoms with Gasteiger partial charge in [0.25, 0.3) is 5.56 Å². The lowest BCUT2D eigenvalue weighted by atomic mass is 10.1. The summed E-state index contributed by atoms with van der Waals surface area (Å²) >= 11 is 0. The third-order valence-corrected chi connectivity index (χ3v) is 3.41. The van der Waals surface area contributed by atoms with Crippen molar-refractivity contribution in [3.63, 3.8) is 0 Å². The van der Waals surface area contributed by atoms with Crippen LogP contribution in [0.1, 0.15) is 38.5 Å². The third-order valence-electron chi connectivity index (χ3n) is 3.41. The van der Waals surface area contributed by atoms with E-state index in [9.17, 15) is 14.3 Å². The second-order valence-corrected chi connectivity index (χ2v) is 4.82. The summed E-state index contributed by atoms with van der Waals surface area (Å²) in [5.74, 6) is -2.08. The van der Waals surface area contributed by atoms with Gasteiger partial charge >= 0.3 is 6.01 Å². The number of hydrogen-bond donors (Lipinski definition) is 1. The largest absolute Gasteiger partial charge is 0.465 e. The van der Waals surface area contributed by atoms with E-state index in [-0.39, 0.29) is 18.9 Å². The van der Waals surface area contributed by atoms with Gasteiger partial charge < -0.3 is 14.6 Å². The summed E-state index contributed by atoms with van der Waals surface area (Å²) < 4.78 is 26.3. The molecule has 1 aromatic heterocycles. The molecule has 2 rings (SSSR count). The predicted octanol–water partition coefficient (Wildman–Crippen LogP) is 1.31. The Bertz CT molecular complexity index is 548. The van der Waals surface area contributed by atoms with Crippen LogP contribution in [0.15, 0.2) is 11.0 Å². The van der Waals surface area contributed by atoms with Crippen LogP contribution in [0.5, 0.6) is 6.01 Å². The number of nitrogens with zero attached hydrogens (tertiary/aromatic N) is 2. The lowest BCUT2D eigenvalue weighted by Crippen LogP contribution is -2.33. The molecule has 112 valence electrons. The Labute approximate surface area is 116 Å². The number of aryl methyl sites for hydroxylation is 1. The van der Waals surface area contributed by atoms with Crippen LogP contribution in [0.2, 0.25) is 0 Å². The number of ether oxygens (including phenoxy) is 2. The standard InChI is InChI=1S/C13H19FN2O4/c1-4-13(14)9(17)6-10(20-13)16-7-8(3)11(18)15-12(16)19-5-2/h7,9-10,17H,4-6H2,1-3H3/t9?,10-,13-/m1/s1. The van der Waals surface area contributed by atoms with Crippen molar-refractivity contribution in [2.45, 2.75) is 51.8 Å². The normalized spacial score (nSPS) is 29.6. The Hall–Kier alpha value is -1.47. The highest BCUT2D eigenvalue weighted by Gasteiger charge is 2.48. The topological polar surface area (TPSA) is 73.6 Å². The van der Waals surface area contributed by atoms with Gasteiger partial charge in [-0.05, 0) is 13.8 Å². The van der Waals surface area contributed by atoms with E-state index in [0.29, 0.717) is 12.2 Å². The Kier molecular flexibility index (Phi) is 4.10. The summed E-state index contributed by atoms with van der Waals surface area (Å²) in [5.41, 5.74) is 0.00430. The molecule has 7 heteroatoms. The predicted molar refractivity (Wildman–Crippen MR) is 69.3 cm³/mol. The first kappa shape index (κ1) is 14.9. The molecule has 2 heterocycles. The Balaban J connectivity index is 2.38. The fourth-order valence-corrected chi connectivity index (χ4v) is 2.20. The van der Waals surface area contributed by atoms with Gasteiger partial charge in [-0.15, -0.1) is 0 Å². The van der Waals surface area contributed by atoms with Crippen LogP contribution in [-0.2, 0) is 4.74 Å². The zero-order chi connectivity index (χ0) is 14.9. The van der Waals surface area contributed by atoms with Gasteiger partial charge in [0.2, 0.25) is 5.85 Å². The second kappa shape index (κ2) is 5.49. The van der Waals surface area contributed by atoms with Gasteiger partial charge in [-0.1, -0.05) is 6.92 Å². The highest BCUT2D eigenvalue weighted by molar-refractivity contribution is 5.10. The van der Waals surface area contributed by atoms with Crippen molar-refractivity contribution in [2.24, 2.45) is 0 Å². The number of aliphatic hydroxyl groups is 1. The molecule has 1 N–H and O–H groups in total. The van der Waals surface area contributed by atoms with Crippen LogP contribution in [0.3, 0.4) is 0 Å². The van der Waals surface area contributed by atoms with E-state index in [1.165, 1.54) is 10.8 Å². The molecule has 6 nitrogen and oxygen atoms in total. The molecule has 3 atom stereocenters. The first-order valence-corrected chi connectivity index (χ1v) is 6.68. The lowest BCUT2D eigenvalue weighted by Gasteiger charge is -2.22. The van der Waals surface area contributed by atoms with E-state index in [2.05, 4.69) is 4.98 Å². The summed E-state index contributed by atoms with van der Waals surface area (Å²) in [6.07, 6.45) is -0.329. The average Bonchev–Trinajstić information content (AvgIpc) is 2.71. The quantitative estimate of drug-likeness (QED) is 0.903. The van der Waals surface area contributed by atoms with Crippen molar-refractivity contribution in [1.82, 2.24) is 9.55 Å². The Morgan fingerprint density at radius 2 is 2.35 bits per heavy atom. The van der Waals surface area contributed by atoms with Gasteiger partial charge in [0.05, 0.1) is 6.61 Å². The maximum absolute atomic E-state index is 14.3. The van der Waals surface area contributed by atoms with Gasteiger partial charge in [0.15, 0.2) is 0 Å². The molecule has 0 saturated carbocycles. The summed E-state index contributed by atoms with van der Waals surface area (Å²) in [6, 6.07) is 0.0700. The number of rotatable bonds is 4. The molecule has 0 radical (unpaired) electrons. The molecule has 1 aliphatic heterocycles. The molecule has 1 saturated heterocycles. The number of aliphatic hydroxyl groups excluding tert-OH is 1. The van der Waals surface area contributed by atoms with E-state index in [4.69, 9.17) is 9.47 Å². The fraction of sp³-hybridized carbons (Fsp3) is 0.692. The first-order valence-electron chi connectivity index (χ1n) is 6.68. The van der Waals surface area contributed by atoms with Crippen molar-refractivity contribution in [2.75, 3.05) is 6.61 Å². The number of hydrogen-bond acceptors (Lipinski definition) is 5. The van der Waals surface area contributed by atoms with Crippen molar-refractivity contribution in [3.8, 4) is 6.01 Å². The molecule has 0 spiro atoms. The van der Waals surface area contributed by atoms with E-state index in [1.807, 2.05) is 0 Å². The summed E-state index contributed by atoms with van der Waals surface area (Å²) in [5, 5.41) is 9.79. The summed E-state index contributed by atoms with van der Waals surface area (Å²) in [4.78, 5) is 15.4. The number of alkyl halides is 1. The summed E-state index contributed by atoms with van der Waals surface area (Å²) in [7, 11) is 0. The van der Waals surface area contributed by atoms with Crippen LogP contribution >= 0.6 is 0 Å². The third kappa shape index (κ3) is 2.55. The minimum absolute atomic E-state index is 0.0429. The van der Waals surface area contributed by atoms with Crippen molar-refractivity contribution in [3.05, 3.63) is 22.1 Å². The highest BCUT2D eigenvalue weighted by Crippen LogP contribution is 2.40. The van der Waals surface area contributed by atoms with Gasteiger partial charge in [-0.3, -0.25) is 9.36 Å². The molecule has 0 bridgehead atoms. The van der Waals surface area contributed by atoms with Crippen LogP contribution in [0, 0.1) is 6.92 Å². The first-order chi connectivity index (χ1) is 9.41. The van der Waals surface area contributed by atoms with Crippen molar-refractivity contribution < 1.29 is 19.0 Å². The molecule has 1 aromatic rings. The Morgan fingerprint density at radius 1 is 1.65 bits per heavy atom. The zero-order valence-electron chi connectivity index (χ0n) is 11.8. The molecular weight excluding hydrogens is 267 g/mol. The molecule has 0 aromatic carbocycles. The smallest absolute Gasteiger partial charge is 0.301 e. The average molecular weight is 286 g/mol. The molecular formula is C13H19FN2O4. The maximum atomic E-state index is 14.3. The SMILES string of the molecule is CCOc1nc(=O)c(C)cn1[C@H]1CC(O)[C@@](F)(CC)O1. The van der Waals surface area contributed by atoms with E-state index in [1.54, 1.807) is 20.8 Å². The van der Waals surface area contributed by atoms with Crippen LogP contribution in [-0.4, -0.2) is 33.2 Å². The minimum atomic E-state index is -2.08. The lowest BCUT2D eigenvalue weighted by molar-refractivity contribution is -0.189. The molecule has 1 fully saturated rings. The van der Waals surface area contributed by atoms with Crippen LogP contribution < -0.4 is 10.3 Å². The van der Waals surface area contributed by atoms with Crippen LogP contribution in [0.4, 0.5) is 4.39 Å². The van der Waals surface area contributed by atoms with Crippen LogP contribution in [0.25, 0.3) is 0 Å². The Morgan fingerprint density at radius 3 is 2.90 bits per heavy atom. The van der Waals surface area contributed by atoms with Crippen molar-refractivity contribution >= 4 is 0 Å². The molecule has 1 unspecified atom stereocenters. The van der Waals surface area contributed by atoms with E-state index in [0.717, 1.165) is 0 Å². The monoisotopic (exact) mass is 286 g/mol. The van der Waals surface area contributed by atoms with Crippen molar-refractivity contribution in [1.29, 1.82) is 0 Å². The van der Waals surface area contributed by atoms with E-state index >= 15 is 0 Å². The number of halogens is 1. The molecule has 0 amide bonds. The van der Waals surface area contributed by atoms with Gasteiger partial charge in [0.1, 0.15) is 12.3 Å². The second-order valence-electron chi connectivity index (χ2n) is 4.82. The molecule has 20 heavy (non-hydrogen) atoms. The fourth-order valence-electron chi connectivity index (χ4n) is 2.20. The molecule has 1 aliphatic rings. The summed E-state index contributed by atoms with van der Waals surface area (Å²) in [6.45, 7) is 5.28. The molecule has 0 aliphatic carbocycles. The zero-order valence-corrected chi connectivity index (χ0v) is 11.8. The minimum Gasteiger partial charge on any atom is -0.465 e. The van der Waals surface area contributed by atoms with Gasteiger partial charge in [-0.25, -0.2) is 4.39 Å². The van der Waals surface area contributed by atoms with Gasteiger partial charge in [0, 0.05) is 24.6 Å². The maximum Gasteiger partial charge on any atom is 0.301 e. The van der Waals surface area contributed by atoms with Gasteiger partial charge in [-0.2, -0.15) is 4.98 Å².